The van der Waals surface area contributed by atoms with Crippen molar-refractivity contribution in [3.8, 4) is 0 Å². The van der Waals surface area contributed by atoms with Crippen LogP contribution < -0.4 is 5.32 Å². The van der Waals surface area contributed by atoms with Crippen LogP contribution >= 0.6 is 0 Å². The summed E-state index contributed by atoms with van der Waals surface area (Å²) < 4.78 is 5.58. The average molecular weight is 298 g/mol. The molecule has 2 aromatic rings. The standard InChI is InChI=1S/C18H22N2O2/c1-11(2)15-10-22-17-4-3-12(7-14(15)17)18(21)19-16-9-20-6-5-13(16)8-20/h3-4,7,10-11,13,16H,5-6,8-9H2,1-2H3,(H,19,21)/t13-,16?/m1/s1. The molecule has 4 nitrogen and oxygen atoms in total. The van der Waals surface area contributed by atoms with E-state index in [0.717, 1.165) is 35.2 Å². The quantitative estimate of drug-likeness (QED) is 0.947. The summed E-state index contributed by atoms with van der Waals surface area (Å²) in [5, 5.41) is 4.28. The summed E-state index contributed by atoms with van der Waals surface area (Å²) >= 11 is 0. The first-order valence-electron chi connectivity index (χ1n) is 8.16. The van der Waals surface area contributed by atoms with Crippen LogP contribution in [0.1, 0.15) is 42.1 Å². The Morgan fingerprint density at radius 2 is 2.23 bits per heavy atom. The first kappa shape index (κ1) is 13.8. The molecule has 2 bridgehead atoms. The van der Waals surface area contributed by atoms with E-state index < -0.39 is 0 Å². The number of piperidine rings is 1. The van der Waals surface area contributed by atoms with Gasteiger partial charge in [-0.1, -0.05) is 13.8 Å². The molecule has 3 atom stereocenters. The lowest BCUT2D eigenvalue weighted by Crippen LogP contribution is -2.43. The third-order valence-electron chi connectivity index (χ3n) is 5.14. The number of fused-ring (bicyclic) bond motifs is 3. The molecule has 2 aliphatic rings. The summed E-state index contributed by atoms with van der Waals surface area (Å²) in [4.78, 5) is 15.0. The lowest BCUT2D eigenvalue weighted by molar-refractivity contribution is 0.0924. The molecular formula is C18H22N2O2. The Morgan fingerprint density at radius 3 is 2.91 bits per heavy atom. The van der Waals surface area contributed by atoms with E-state index in [2.05, 4.69) is 24.1 Å². The van der Waals surface area contributed by atoms with Gasteiger partial charge in [-0.3, -0.25) is 4.79 Å². The number of nitrogens with zero attached hydrogens (tertiary/aromatic N) is 1. The fourth-order valence-corrected chi connectivity index (χ4v) is 3.84. The third-order valence-corrected chi connectivity index (χ3v) is 5.14. The minimum atomic E-state index is 0.0385. The summed E-state index contributed by atoms with van der Waals surface area (Å²) in [7, 11) is 0. The average Bonchev–Trinajstić information content (AvgIpc) is 3.20. The summed E-state index contributed by atoms with van der Waals surface area (Å²) in [6, 6.07) is 6.04. The first-order valence-corrected chi connectivity index (χ1v) is 8.16. The minimum absolute atomic E-state index is 0.0385. The number of carbonyl (C=O) groups excluding carboxylic acids is 1. The van der Waals surface area contributed by atoms with Crippen LogP contribution in [0.3, 0.4) is 0 Å². The van der Waals surface area contributed by atoms with Crippen LogP contribution in [0.2, 0.25) is 0 Å². The molecular weight excluding hydrogens is 276 g/mol. The van der Waals surface area contributed by atoms with E-state index >= 15 is 0 Å². The highest BCUT2D eigenvalue weighted by atomic mass is 16.3. The molecule has 1 amide bonds. The summed E-state index contributed by atoms with van der Waals surface area (Å²) in [5.41, 5.74) is 2.75. The minimum Gasteiger partial charge on any atom is -0.464 e. The monoisotopic (exact) mass is 298 g/mol. The first-order chi connectivity index (χ1) is 10.6. The zero-order valence-electron chi connectivity index (χ0n) is 13.1. The largest absolute Gasteiger partial charge is 0.464 e. The van der Waals surface area contributed by atoms with Crippen LogP contribution in [0, 0.1) is 5.92 Å². The zero-order valence-corrected chi connectivity index (χ0v) is 13.1. The number of rotatable bonds is 3. The molecule has 4 rings (SSSR count). The van der Waals surface area contributed by atoms with Crippen LogP contribution in [0.5, 0.6) is 0 Å². The molecule has 3 heterocycles. The van der Waals surface area contributed by atoms with E-state index in [-0.39, 0.29) is 5.91 Å². The van der Waals surface area contributed by atoms with Gasteiger partial charge in [0.05, 0.1) is 6.26 Å². The van der Waals surface area contributed by atoms with Crippen molar-refractivity contribution >= 4 is 16.9 Å². The highest BCUT2D eigenvalue weighted by molar-refractivity contribution is 5.98. The lowest BCUT2D eigenvalue weighted by atomic mass is 9.98. The smallest absolute Gasteiger partial charge is 0.251 e. The second kappa shape index (κ2) is 5.13. The van der Waals surface area contributed by atoms with Crippen molar-refractivity contribution in [2.45, 2.75) is 32.2 Å². The SMILES string of the molecule is CC(C)c1coc2ccc(C(=O)NC3CN4CC[C@@H]3C4)cc12. The molecule has 1 aromatic carbocycles. The number of furan rings is 1. The van der Waals surface area contributed by atoms with Crippen molar-refractivity contribution in [2.24, 2.45) is 5.92 Å². The van der Waals surface area contributed by atoms with E-state index in [9.17, 15) is 4.79 Å². The summed E-state index contributed by atoms with van der Waals surface area (Å²) in [5.74, 6) is 1.06. The van der Waals surface area contributed by atoms with Crippen LogP contribution in [0.4, 0.5) is 0 Å². The predicted octanol–water partition coefficient (Wildman–Crippen LogP) is 2.99. The van der Waals surface area contributed by atoms with Gasteiger partial charge in [-0.15, -0.1) is 0 Å². The highest BCUT2D eigenvalue weighted by Gasteiger charge is 2.38. The topological polar surface area (TPSA) is 45.5 Å². The molecule has 22 heavy (non-hydrogen) atoms. The van der Waals surface area contributed by atoms with Gasteiger partial charge >= 0.3 is 0 Å². The molecule has 0 radical (unpaired) electrons. The predicted molar refractivity (Wildman–Crippen MR) is 86.1 cm³/mol. The van der Waals surface area contributed by atoms with Gasteiger partial charge in [-0.05, 0) is 43.0 Å². The van der Waals surface area contributed by atoms with E-state index in [4.69, 9.17) is 4.42 Å². The van der Waals surface area contributed by atoms with Crippen molar-refractivity contribution in [3.63, 3.8) is 0 Å². The van der Waals surface area contributed by atoms with Gasteiger partial charge in [-0.25, -0.2) is 0 Å². The Kier molecular flexibility index (Phi) is 3.22. The number of hydrogen-bond donors (Lipinski definition) is 1. The molecule has 1 aromatic heterocycles. The molecule has 2 aliphatic heterocycles. The van der Waals surface area contributed by atoms with Crippen molar-refractivity contribution in [2.75, 3.05) is 19.6 Å². The van der Waals surface area contributed by atoms with Gasteiger partial charge in [0.2, 0.25) is 0 Å². The van der Waals surface area contributed by atoms with E-state index in [1.807, 2.05) is 18.2 Å². The van der Waals surface area contributed by atoms with Crippen LogP contribution in [-0.4, -0.2) is 36.5 Å². The Morgan fingerprint density at radius 1 is 1.36 bits per heavy atom. The molecule has 0 spiro atoms. The maximum Gasteiger partial charge on any atom is 0.251 e. The van der Waals surface area contributed by atoms with E-state index in [1.54, 1.807) is 6.26 Å². The molecule has 0 saturated carbocycles. The molecule has 116 valence electrons. The van der Waals surface area contributed by atoms with Crippen LogP contribution in [-0.2, 0) is 0 Å². The fraction of sp³-hybridized carbons (Fsp3) is 0.500. The number of carbonyl (C=O) groups is 1. The van der Waals surface area contributed by atoms with Crippen molar-refractivity contribution in [1.82, 2.24) is 10.2 Å². The van der Waals surface area contributed by atoms with E-state index in [0.29, 0.717) is 17.9 Å². The maximum absolute atomic E-state index is 12.6. The van der Waals surface area contributed by atoms with Gasteiger partial charge in [0, 0.05) is 35.6 Å². The zero-order chi connectivity index (χ0) is 15.3. The van der Waals surface area contributed by atoms with E-state index in [1.165, 1.54) is 13.0 Å². The fourth-order valence-electron chi connectivity index (χ4n) is 3.84. The normalized spacial score (nSPS) is 27.0. The Bertz CT molecular complexity index is 719. The molecule has 0 aliphatic carbocycles. The van der Waals surface area contributed by atoms with Crippen molar-refractivity contribution in [3.05, 3.63) is 35.6 Å². The van der Waals surface area contributed by atoms with Crippen molar-refractivity contribution in [1.29, 1.82) is 0 Å². The van der Waals surface area contributed by atoms with Gasteiger partial charge in [0.1, 0.15) is 5.58 Å². The van der Waals surface area contributed by atoms with Crippen LogP contribution in [0.15, 0.2) is 28.9 Å². The van der Waals surface area contributed by atoms with Gasteiger partial charge in [0.25, 0.3) is 5.91 Å². The van der Waals surface area contributed by atoms with Crippen molar-refractivity contribution < 1.29 is 9.21 Å². The molecule has 2 unspecified atom stereocenters. The Balaban J connectivity index is 1.57. The number of hydrogen-bond acceptors (Lipinski definition) is 3. The number of nitrogens with one attached hydrogen (secondary N) is 1. The second-order valence-corrected chi connectivity index (χ2v) is 6.94. The molecule has 2 fully saturated rings. The second-order valence-electron chi connectivity index (χ2n) is 6.94. The highest BCUT2D eigenvalue weighted by Crippen LogP contribution is 2.30. The summed E-state index contributed by atoms with van der Waals surface area (Å²) in [6.07, 6.45) is 3.02. The molecule has 4 heteroatoms. The number of amides is 1. The molecule has 1 N–H and O–H groups in total. The van der Waals surface area contributed by atoms with Gasteiger partial charge < -0.3 is 14.6 Å². The summed E-state index contributed by atoms with van der Waals surface area (Å²) in [6.45, 7) is 7.61. The maximum atomic E-state index is 12.6. The van der Waals surface area contributed by atoms with Gasteiger partial charge in [-0.2, -0.15) is 0 Å². The molecule has 2 saturated heterocycles. The lowest BCUT2D eigenvalue weighted by Gasteiger charge is -2.23. The number of benzene rings is 1. The third kappa shape index (κ3) is 2.22. The Labute approximate surface area is 130 Å². The Hall–Kier alpha value is -1.81. The van der Waals surface area contributed by atoms with Crippen LogP contribution in [0.25, 0.3) is 11.0 Å². The van der Waals surface area contributed by atoms with Gasteiger partial charge in [0.15, 0.2) is 0 Å².